The van der Waals surface area contributed by atoms with Gasteiger partial charge in [0.2, 0.25) is 0 Å². The molecule has 0 radical (unpaired) electrons. The minimum absolute atomic E-state index is 0.0344. The van der Waals surface area contributed by atoms with Crippen molar-refractivity contribution in [2.75, 3.05) is 27.4 Å². The normalized spacial score (nSPS) is 23.1. The summed E-state index contributed by atoms with van der Waals surface area (Å²) in [5.41, 5.74) is 2.67. The number of methoxy groups -OCH3 is 2. The van der Waals surface area contributed by atoms with Gasteiger partial charge in [-0.15, -0.1) is 0 Å². The molecule has 2 heterocycles. The van der Waals surface area contributed by atoms with Gasteiger partial charge >= 0.3 is 0 Å². The molecule has 1 aromatic heterocycles. The molecule has 1 amide bonds. The van der Waals surface area contributed by atoms with E-state index in [4.69, 9.17) is 9.47 Å². The lowest BCUT2D eigenvalue weighted by molar-refractivity contribution is 0.0606. The average molecular weight is 266 g/mol. The Labute approximate surface area is 113 Å². The van der Waals surface area contributed by atoms with Gasteiger partial charge in [0.1, 0.15) is 5.69 Å². The molecule has 0 unspecified atom stereocenters. The number of rotatable bonds is 4. The maximum atomic E-state index is 12.6. The number of hydrogen-bond donors (Lipinski definition) is 1. The van der Waals surface area contributed by atoms with E-state index in [1.54, 1.807) is 14.2 Å². The average Bonchev–Trinajstić information content (AvgIpc) is 2.92. The van der Waals surface area contributed by atoms with Crippen LogP contribution in [0.3, 0.4) is 0 Å². The lowest BCUT2D eigenvalue weighted by Gasteiger charge is -2.23. The summed E-state index contributed by atoms with van der Waals surface area (Å²) in [5, 5.41) is 0. The lowest BCUT2D eigenvalue weighted by Crippen LogP contribution is -2.39. The summed E-state index contributed by atoms with van der Waals surface area (Å²) in [4.78, 5) is 17.6. The highest BCUT2D eigenvalue weighted by Gasteiger charge is 2.36. The summed E-state index contributed by atoms with van der Waals surface area (Å²) in [7, 11) is 3.35. The molecule has 1 aliphatic rings. The SMILES string of the molecule is COC[C@@H]1C[C@@H](OC)CN1C(=O)c1[nH]c(C)cc1C. The standard InChI is InChI=1S/C14H22N2O3/c1-9-5-10(2)15-13(9)14(17)16-7-12(19-4)6-11(16)8-18-3/h5,11-12,15H,6-8H2,1-4H3/t11-,12+/m0/s1. The number of aromatic nitrogens is 1. The van der Waals surface area contributed by atoms with Crippen LogP contribution in [-0.4, -0.2) is 55.3 Å². The molecular formula is C14H22N2O3. The molecule has 5 nitrogen and oxygen atoms in total. The molecular weight excluding hydrogens is 244 g/mol. The minimum atomic E-state index is 0.0344. The van der Waals surface area contributed by atoms with Crippen LogP contribution in [0.2, 0.25) is 0 Å². The Hall–Kier alpha value is -1.33. The Balaban J connectivity index is 2.19. The molecule has 2 rings (SSSR count). The van der Waals surface area contributed by atoms with E-state index in [1.165, 1.54) is 0 Å². The van der Waals surface area contributed by atoms with Gasteiger partial charge in [0.15, 0.2) is 0 Å². The molecule has 19 heavy (non-hydrogen) atoms. The van der Waals surface area contributed by atoms with Gasteiger partial charge < -0.3 is 19.4 Å². The quantitative estimate of drug-likeness (QED) is 0.898. The molecule has 0 bridgehead atoms. The van der Waals surface area contributed by atoms with Crippen molar-refractivity contribution in [1.82, 2.24) is 9.88 Å². The number of aromatic amines is 1. The van der Waals surface area contributed by atoms with Gasteiger partial charge in [-0.3, -0.25) is 4.79 Å². The molecule has 0 saturated carbocycles. The van der Waals surface area contributed by atoms with Crippen molar-refractivity contribution >= 4 is 5.91 Å². The predicted octanol–water partition coefficient (Wildman–Crippen LogP) is 1.51. The third-order valence-corrected chi connectivity index (χ3v) is 3.69. The highest BCUT2D eigenvalue weighted by molar-refractivity contribution is 5.94. The van der Waals surface area contributed by atoms with Gasteiger partial charge in [-0.25, -0.2) is 0 Å². The van der Waals surface area contributed by atoms with Gasteiger partial charge in [0.25, 0.3) is 5.91 Å². The molecule has 0 spiro atoms. The summed E-state index contributed by atoms with van der Waals surface area (Å²) in [6.07, 6.45) is 0.926. The van der Waals surface area contributed by atoms with Crippen molar-refractivity contribution in [2.45, 2.75) is 32.4 Å². The second kappa shape index (κ2) is 5.75. The van der Waals surface area contributed by atoms with E-state index in [0.29, 0.717) is 18.8 Å². The van der Waals surface area contributed by atoms with Gasteiger partial charge in [-0.2, -0.15) is 0 Å². The molecule has 1 aromatic rings. The van der Waals surface area contributed by atoms with Crippen LogP contribution in [0.1, 0.15) is 28.2 Å². The molecule has 0 aliphatic carbocycles. The number of nitrogens with zero attached hydrogens (tertiary/aromatic N) is 1. The van der Waals surface area contributed by atoms with Crippen LogP contribution in [-0.2, 0) is 9.47 Å². The van der Waals surface area contributed by atoms with Crippen molar-refractivity contribution < 1.29 is 14.3 Å². The van der Waals surface area contributed by atoms with E-state index in [1.807, 2.05) is 24.8 Å². The zero-order valence-electron chi connectivity index (χ0n) is 12.0. The van der Waals surface area contributed by atoms with Crippen molar-refractivity contribution in [3.63, 3.8) is 0 Å². The Morgan fingerprint density at radius 2 is 2.21 bits per heavy atom. The molecule has 1 saturated heterocycles. The molecule has 2 atom stereocenters. The van der Waals surface area contributed by atoms with Crippen LogP contribution in [0.25, 0.3) is 0 Å². The first-order chi connectivity index (χ1) is 9.06. The molecule has 1 fully saturated rings. The summed E-state index contributed by atoms with van der Waals surface area (Å²) in [5.74, 6) is 0.0344. The van der Waals surface area contributed by atoms with E-state index in [2.05, 4.69) is 4.98 Å². The number of aryl methyl sites for hydroxylation is 2. The summed E-state index contributed by atoms with van der Waals surface area (Å²) < 4.78 is 10.6. The van der Waals surface area contributed by atoms with Crippen LogP contribution >= 0.6 is 0 Å². The number of carbonyl (C=O) groups excluding carboxylic acids is 1. The third-order valence-electron chi connectivity index (χ3n) is 3.69. The molecule has 106 valence electrons. The Bertz CT molecular complexity index is 456. The Morgan fingerprint density at radius 3 is 2.74 bits per heavy atom. The second-order valence-corrected chi connectivity index (χ2v) is 5.17. The number of H-pyrrole nitrogens is 1. The zero-order chi connectivity index (χ0) is 14.0. The monoisotopic (exact) mass is 266 g/mol. The van der Waals surface area contributed by atoms with Crippen LogP contribution < -0.4 is 0 Å². The van der Waals surface area contributed by atoms with E-state index >= 15 is 0 Å². The molecule has 1 N–H and O–H groups in total. The first kappa shape index (κ1) is 14.1. The highest BCUT2D eigenvalue weighted by Crippen LogP contribution is 2.23. The van der Waals surface area contributed by atoms with Crippen LogP contribution in [0.15, 0.2) is 6.07 Å². The van der Waals surface area contributed by atoms with Crippen molar-refractivity contribution in [2.24, 2.45) is 0 Å². The highest BCUT2D eigenvalue weighted by atomic mass is 16.5. The fourth-order valence-corrected chi connectivity index (χ4v) is 2.74. The third kappa shape index (κ3) is 2.82. The number of likely N-dealkylation sites (tertiary alicyclic amines) is 1. The van der Waals surface area contributed by atoms with Crippen LogP contribution in [0.5, 0.6) is 0 Å². The summed E-state index contributed by atoms with van der Waals surface area (Å²) >= 11 is 0. The predicted molar refractivity (Wildman–Crippen MR) is 72.4 cm³/mol. The van der Waals surface area contributed by atoms with Crippen molar-refractivity contribution in [3.05, 3.63) is 23.0 Å². The van der Waals surface area contributed by atoms with Gasteiger partial charge in [0.05, 0.1) is 18.8 Å². The van der Waals surface area contributed by atoms with E-state index in [9.17, 15) is 4.79 Å². The van der Waals surface area contributed by atoms with Gasteiger partial charge in [-0.1, -0.05) is 0 Å². The smallest absolute Gasteiger partial charge is 0.270 e. The Morgan fingerprint density at radius 1 is 1.47 bits per heavy atom. The van der Waals surface area contributed by atoms with E-state index < -0.39 is 0 Å². The van der Waals surface area contributed by atoms with Crippen LogP contribution in [0, 0.1) is 13.8 Å². The Kier molecular flexibility index (Phi) is 4.27. The lowest BCUT2D eigenvalue weighted by atomic mass is 10.2. The van der Waals surface area contributed by atoms with Crippen LogP contribution in [0.4, 0.5) is 0 Å². The fourth-order valence-electron chi connectivity index (χ4n) is 2.74. The molecule has 0 aromatic carbocycles. The number of carbonyl (C=O) groups is 1. The van der Waals surface area contributed by atoms with E-state index in [-0.39, 0.29) is 18.1 Å². The maximum Gasteiger partial charge on any atom is 0.270 e. The van der Waals surface area contributed by atoms with E-state index in [0.717, 1.165) is 17.7 Å². The van der Waals surface area contributed by atoms with Gasteiger partial charge in [0, 0.05) is 26.5 Å². The van der Waals surface area contributed by atoms with Crippen molar-refractivity contribution in [1.29, 1.82) is 0 Å². The zero-order valence-corrected chi connectivity index (χ0v) is 12.0. The summed E-state index contributed by atoms with van der Waals surface area (Å²) in [6, 6.07) is 2.08. The number of ether oxygens (including phenoxy) is 2. The first-order valence-corrected chi connectivity index (χ1v) is 6.55. The van der Waals surface area contributed by atoms with Crippen molar-refractivity contribution in [3.8, 4) is 0 Å². The number of amides is 1. The fraction of sp³-hybridized carbons (Fsp3) is 0.643. The van der Waals surface area contributed by atoms with Gasteiger partial charge in [-0.05, 0) is 31.9 Å². The largest absolute Gasteiger partial charge is 0.383 e. The topological polar surface area (TPSA) is 54.6 Å². The molecule has 5 heteroatoms. The molecule has 1 aliphatic heterocycles. The summed E-state index contributed by atoms with van der Waals surface area (Å²) in [6.45, 7) is 5.08. The number of nitrogens with one attached hydrogen (secondary N) is 1. The minimum Gasteiger partial charge on any atom is -0.383 e. The number of hydrogen-bond acceptors (Lipinski definition) is 3. The maximum absolute atomic E-state index is 12.6. The second-order valence-electron chi connectivity index (χ2n) is 5.17. The first-order valence-electron chi connectivity index (χ1n) is 6.55.